The van der Waals surface area contributed by atoms with E-state index in [4.69, 9.17) is 0 Å². The molecule has 0 fully saturated rings. The largest absolute Gasteiger partial charge is 0.478 e. The molecule has 2 rings (SSSR count). The fourth-order valence-corrected chi connectivity index (χ4v) is 2.68. The summed E-state index contributed by atoms with van der Waals surface area (Å²) in [5, 5.41) is 10.5. The molecule has 0 aliphatic rings. The standard InChI is InChI=1S/C17H23NO2/c1-5-6-7-13-11(4)18-16-14(13)8-12(10(2)3)9-15(16)17(19)20/h8-10,18H,5-7H2,1-4H3,(H,19,20). The van der Waals surface area contributed by atoms with E-state index in [9.17, 15) is 9.90 Å². The van der Waals surface area contributed by atoms with Crippen molar-refractivity contribution in [2.24, 2.45) is 0 Å². The number of benzene rings is 1. The van der Waals surface area contributed by atoms with Gasteiger partial charge in [-0.15, -0.1) is 0 Å². The fourth-order valence-electron chi connectivity index (χ4n) is 2.68. The maximum absolute atomic E-state index is 11.5. The zero-order valence-corrected chi connectivity index (χ0v) is 12.7. The fraction of sp³-hybridized carbons (Fsp3) is 0.471. The lowest BCUT2D eigenvalue weighted by molar-refractivity contribution is 0.0698. The van der Waals surface area contributed by atoms with Crippen molar-refractivity contribution in [3.05, 3.63) is 34.5 Å². The minimum atomic E-state index is -0.860. The number of aromatic nitrogens is 1. The number of aromatic amines is 1. The highest BCUT2D eigenvalue weighted by molar-refractivity contribution is 6.04. The molecule has 20 heavy (non-hydrogen) atoms. The van der Waals surface area contributed by atoms with Crippen LogP contribution in [0.25, 0.3) is 10.9 Å². The van der Waals surface area contributed by atoms with Gasteiger partial charge in [-0.2, -0.15) is 0 Å². The van der Waals surface area contributed by atoms with Crippen LogP contribution < -0.4 is 0 Å². The van der Waals surface area contributed by atoms with E-state index in [0.717, 1.165) is 41.4 Å². The van der Waals surface area contributed by atoms with Crippen LogP contribution >= 0.6 is 0 Å². The van der Waals surface area contributed by atoms with E-state index in [-0.39, 0.29) is 0 Å². The highest BCUT2D eigenvalue weighted by Gasteiger charge is 2.17. The zero-order chi connectivity index (χ0) is 14.9. The van der Waals surface area contributed by atoms with Gasteiger partial charge in [-0.1, -0.05) is 27.2 Å². The van der Waals surface area contributed by atoms with Gasteiger partial charge in [0.25, 0.3) is 0 Å². The molecule has 1 aromatic carbocycles. The Morgan fingerprint density at radius 2 is 2.05 bits per heavy atom. The third-order valence-corrected chi connectivity index (χ3v) is 3.93. The maximum Gasteiger partial charge on any atom is 0.337 e. The Morgan fingerprint density at radius 3 is 2.60 bits per heavy atom. The van der Waals surface area contributed by atoms with Gasteiger partial charge < -0.3 is 10.1 Å². The summed E-state index contributed by atoms with van der Waals surface area (Å²) in [4.78, 5) is 14.8. The molecule has 1 heterocycles. The number of hydrogen-bond donors (Lipinski definition) is 2. The second-order valence-electron chi connectivity index (χ2n) is 5.78. The Bertz CT molecular complexity index is 638. The first-order valence-electron chi connectivity index (χ1n) is 7.34. The number of hydrogen-bond acceptors (Lipinski definition) is 1. The molecule has 2 aromatic rings. The Labute approximate surface area is 120 Å². The van der Waals surface area contributed by atoms with E-state index < -0.39 is 5.97 Å². The van der Waals surface area contributed by atoms with Gasteiger partial charge >= 0.3 is 5.97 Å². The summed E-state index contributed by atoms with van der Waals surface area (Å²) in [5.41, 5.74) is 4.61. The van der Waals surface area contributed by atoms with Crippen LogP contribution in [-0.2, 0) is 6.42 Å². The van der Waals surface area contributed by atoms with Crippen molar-refractivity contribution in [2.45, 2.75) is 52.9 Å². The van der Waals surface area contributed by atoms with Crippen LogP contribution in [0.4, 0.5) is 0 Å². The average Bonchev–Trinajstić information content (AvgIpc) is 2.70. The number of fused-ring (bicyclic) bond motifs is 1. The molecule has 0 spiro atoms. The molecular weight excluding hydrogens is 250 g/mol. The molecule has 0 saturated carbocycles. The lowest BCUT2D eigenvalue weighted by atomic mass is 9.95. The number of carboxylic acid groups (broad SMARTS) is 1. The third kappa shape index (κ3) is 2.58. The van der Waals surface area contributed by atoms with E-state index >= 15 is 0 Å². The van der Waals surface area contributed by atoms with Gasteiger partial charge in [-0.25, -0.2) is 4.79 Å². The van der Waals surface area contributed by atoms with Crippen LogP contribution in [-0.4, -0.2) is 16.1 Å². The van der Waals surface area contributed by atoms with Crippen LogP contribution in [0.3, 0.4) is 0 Å². The summed E-state index contributed by atoms with van der Waals surface area (Å²) in [6, 6.07) is 3.95. The molecule has 0 bridgehead atoms. The Hall–Kier alpha value is -1.77. The first kappa shape index (κ1) is 14.6. The predicted octanol–water partition coefficient (Wildman–Crippen LogP) is 4.64. The Balaban J connectivity index is 2.70. The SMILES string of the molecule is CCCCc1c(C)[nH]c2c(C(=O)O)cc(C(C)C)cc12. The molecule has 0 saturated heterocycles. The van der Waals surface area contributed by atoms with Crippen molar-refractivity contribution in [3.8, 4) is 0 Å². The van der Waals surface area contributed by atoms with Gasteiger partial charge in [-0.3, -0.25) is 0 Å². The molecule has 0 atom stereocenters. The Kier molecular flexibility index (Phi) is 4.17. The number of unbranched alkanes of at least 4 members (excludes halogenated alkanes) is 1. The second kappa shape index (κ2) is 5.70. The van der Waals surface area contributed by atoms with E-state index in [0.29, 0.717) is 11.5 Å². The predicted molar refractivity (Wildman–Crippen MR) is 82.7 cm³/mol. The molecule has 3 heteroatoms. The van der Waals surface area contributed by atoms with Crippen LogP contribution in [0.5, 0.6) is 0 Å². The topological polar surface area (TPSA) is 53.1 Å². The number of aromatic carboxylic acids is 1. The lowest BCUT2D eigenvalue weighted by Crippen LogP contribution is -2.00. The summed E-state index contributed by atoms with van der Waals surface area (Å²) < 4.78 is 0. The van der Waals surface area contributed by atoms with Crippen LogP contribution in [0.15, 0.2) is 12.1 Å². The van der Waals surface area contributed by atoms with E-state index in [1.165, 1.54) is 5.56 Å². The van der Waals surface area contributed by atoms with Crippen molar-refractivity contribution in [3.63, 3.8) is 0 Å². The van der Waals surface area contributed by atoms with Crippen LogP contribution in [0.2, 0.25) is 0 Å². The van der Waals surface area contributed by atoms with Gasteiger partial charge in [0.2, 0.25) is 0 Å². The molecule has 0 aliphatic heterocycles. The minimum absolute atomic E-state index is 0.326. The lowest BCUT2D eigenvalue weighted by Gasteiger charge is -2.09. The number of carboxylic acids is 1. The Morgan fingerprint density at radius 1 is 1.35 bits per heavy atom. The first-order chi connectivity index (χ1) is 9.45. The maximum atomic E-state index is 11.5. The average molecular weight is 273 g/mol. The van der Waals surface area contributed by atoms with Crippen molar-refractivity contribution < 1.29 is 9.90 Å². The molecule has 3 nitrogen and oxygen atoms in total. The highest BCUT2D eigenvalue weighted by atomic mass is 16.4. The quantitative estimate of drug-likeness (QED) is 0.833. The van der Waals surface area contributed by atoms with Gasteiger partial charge in [0, 0.05) is 11.1 Å². The summed E-state index contributed by atoms with van der Waals surface area (Å²) >= 11 is 0. The summed E-state index contributed by atoms with van der Waals surface area (Å²) in [7, 11) is 0. The molecule has 0 unspecified atom stereocenters. The van der Waals surface area contributed by atoms with Gasteiger partial charge in [0.1, 0.15) is 0 Å². The molecular formula is C17H23NO2. The van der Waals surface area contributed by atoms with Gasteiger partial charge in [-0.05, 0) is 48.9 Å². The van der Waals surface area contributed by atoms with Crippen molar-refractivity contribution >= 4 is 16.9 Å². The number of aryl methyl sites for hydroxylation is 2. The van der Waals surface area contributed by atoms with Gasteiger partial charge in [0.15, 0.2) is 0 Å². The molecule has 0 aliphatic carbocycles. The zero-order valence-electron chi connectivity index (χ0n) is 12.7. The summed E-state index contributed by atoms with van der Waals surface area (Å²) in [5.74, 6) is -0.535. The molecule has 0 amide bonds. The molecule has 0 radical (unpaired) electrons. The normalized spacial score (nSPS) is 11.4. The highest BCUT2D eigenvalue weighted by Crippen LogP contribution is 2.30. The van der Waals surface area contributed by atoms with Crippen LogP contribution in [0.1, 0.15) is 66.7 Å². The molecule has 108 valence electrons. The number of carbonyl (C=O) groups is 1. The molecule has 2 N–H and O–H groups in total. The van der Waals surface area contributed by atoms with Crippen molar-refractivity contribution in [2.75, 3.05) is 0 Å². The monoisotopic (exact) mass is 273 g/mol. The molecule has 1 aromatic heterocycles. The third-order valence-electron chi connectivity index (χ3n) is 3.93. The van der Waals surface area contributed by atoms with Crippen LogP contribution in [0, 0.1) is 6.92 Å². The number of nitrogens with one attached hydrogen (secondary N) is 1. The summed E-state index contributed by atoms with van der Waals surface area (Å²) in [6.45, 7) is 8.40. The van der Waals surface area contributed by atoms with E-state index in [2.05, 4.69) is 31.8 Å². The first-order valence-corrected chi connectivity index (χ1v) is 7.34. The number of H-pyrrole nitrogens is 1. The van der Waals surface area contributed by atoms with E-state index in [1.807, 2.05) is 6.92 Å². The number of rotatable bonds is 5. The minimum Gasteiger partial charge on any atom is -0.478 e. The van der Waals surface area contributed by atoms with Crippen molar-refractivity contribution in [1.82, 2.24) is 4.98 Å². The van der Waals surface area contributed by atoms with Crippen molar-refractivity contribution in [1.29, 1.82) is 0 Å². The van der Waals surface area contributed by atoms with E-state index in [1.54, 1.807) is 6.07 Å². The van der Waals surface area contributed by atoms with Gasteiger partial charge in [0.05, 0.1) is 11.1 Å². The smallest absolute Gasteiger partial charge is 0.337 e. The summed E-state index contributed by atoms with van der Waals surface area (Å²) in [6.07, 6.45) is 3.27. The second-order valence-corrected chi connectivity index (χ2v) is 5.78.